The van der Waals surface area contributed by atoms with E-state index in [1.165, 1.54) is 29.2 Å². The maximum Gasteiger partial charge on any atom is 0.244 e. The van der Waals surface area contributed by atoms with Crippen LogP contribution in [0.1, 0.15) is 27.7 Å². The van der Waals surface area contributed by atoms with Gasteiger partial charge in [-0.3, -0.25) is 9.59 Å². The van der Waals surface area contributed by atoms with Gasteiger partial charge < -0.3 is 16.0 Å². The number of rotatable bonds is 6. The van der Waals surface area contributed by atoms with E-state index in [0.29, 0.717) is 5.69 Å². The fraction of sp³-hybridized carbons (Fsp3) is 0.500. The topological polar surface area (TPSA) is 75.4 Å². The molecule has 0 heterocycles. The molecule has 23 heavy (non-hydrogen) atoms. The highest BCUT2D eigenvalue weighted by atomic mass is 35.5. The van der Waals surface area contributed by atoms with E-state index in [1.807, 2.05) is 13.8 Å². The summed E-state index contributed by atoms with van der Waals surface area (Å²) in [5, 5.41) is 2.65. The number of benzene rings is 1. The molecular weight excluding hydrogens is 321 g/mol. The zero-order chi connectivity index (χ0) is 16.9. The Balaban J connectivity index is 0.00000484. The van der Waals surface area contributed by atoms with Crippen LogP contribution in [0.15, 0.2) is 24.3 Å². The van der Waals surface area contributed by atoms with E-state index in [1.54, 1.807) is 13.8 Å². The SMILES string of the molecule is CC(N)C(C)C(=O)N(CC(=O)Nc1ccc(F)cc1)C(C)C.Cl. The third-order valence-electron chi connectivity index (χ3n) is 3.53. The van der Waals surface area contributed by atoms with Crippen molar-refractivity contribution in [2.75, 3.05) is 11.9 Å². The number of anilines is 1. The van der Waals surface area contributed by atoms with E-state index < -0.39 is 0 Å². The summed E-state index contributed by atoms with van der Waals surface area (Å²) in [7, 11) is 0. The molecule has 0 saturated heterocycles. The van der Waals surface area contributed by atoms with Gasteiger partial charge in [-0.25, -0.2) is 4.39 Å². The standard InChI is InChI=1S/C16H24FN3O2.ClH/c1-10(2)20(16(22)11(3)12(4)18)9-15(21)19-14-7-5-13(17)6-8-14;/h5-8,10-12H,9,18H2,1-4H3,(H,19,21);1H. The van der Waals surface area contributed by atoms with E-state index >= 15 is 0 Å². The number of nitrogens with one attached hydrogen (secondary N) is 1. The van der Waals surface area contributed by atoms with Crippen molar-refractivity contribution in [2.24, 2.45) is 11.7 Å². The van der Waals surface area contributed by atoms with Crippen molar-refractivity contribution >= 4 is 29.9 Å². The second kappa shape index (κ2) is 9.47. The predicted molar refractivity (Wildman–Crippen MR) is 91.9 cm³/mol. The summed E-state index contributed by atoms with van der Waals surface area (Å²) in [6, 6.07) is 5.07. The molecular formula is C16H25ClFN3O2. The number of amides is 2. The Morgan fingerprint density at radius 2 is 1.70 bits per heavy atom. The van der Waals surface area contributed by atoms with Gasteiger partial charge >= 0.3 is 0 Å². The lowest BCUT2D eigenvalue weighted by atomic mass is 10.0. The first kappa shape index (κ1) is 21.3. The molecule has 0 saturated carbocycles. The smallest absolute Gasteiger partial charge is 0.244 e. The molecule has 1 aromatic carbocycles. The molecule has 130 valence electrons. The van der Waals surface area contributed by atoms with Crippen molar-refractivity contribution in [3.05, 3.63) is 30.1 Å². The Bertz CT molecular complexity index is 521. The molecule has 7 heteroatoms. The van der Waals surface area contributed by atoms with E-state index in [0.717, 1.165) is 0 Å². The fourth-order valence-corrected chi connectivity index (χ4v) is 1.89. The van der Waals surface area contributed by atoms with E-state index in [9.17, 15) is 14.0 Å². The number of nitrogens with zero attached hydrogens (tertiary/aromatic N) is 1. The van der Waals surface area contributed by atoms with E-state index in [-0.39, 0.29) is 54.6 Å². The summed E-state index contributed by atoms with van der Waals surface area (Å²) in [6.07, 6.45) is 0. The summed E-state index contributed by atoms with van der Waals surface area (Å²) < 4.78 is 12.8. The third kappa shape index (κ3) is 6.54. The van der Waals surface area contributed by atoms with Crippen LogP contribution in [-0.2, 0) is 9.59 Å². The summed E-state index contributed by atoms with van der Waals surface area (Å²) >= 11 is 0. The van der Waals surface area contributed by atoms with Gasteiger partial charge in [0.25, 0.3) is 0 Å². The van der Waals surface area contributed by atoms with Crippen molar-refractivity contribution in [3.63, 3.8) is 0 Å². The van der Waals surface area contributed by atoms with E-state index in [2.05, 4.69) is 5.32 Å². The third-order valence-corrected chi connectivity index (χ3v) is 3.53. The number of halogens is 2. The molecule has 0 fully saturated rings. The number of hydrogen-bond acceptors (Lipinski definition) is 3. The second-order valence-electron chi connectivity index (χ2n) is 5.76. The maximum atomic E-state index is 12.8. The number of carbonyl (C=O) groups excluding carboxylic acids is 2. The van der Waals surface area contributed by atoms with Crippen molar-refractivity contribution in [1.82, 2.24) is 4.90 Å². The first-order valence-electron chi connectivity index (χ1n) is 7.33. The molecule has 2 amide bonds. The van der Waals surface area contributed by atoms with Gasteiger partial charge in [0.15, 0.2) is 0 Å². The minimum absolute atomic E-state index is 0. The van der Waals surface area contributed by atoms with Crippen molar-refractivity contribution in [2.45, 2.75) is 39.8 Å². The number of carbonyl (C=O) groups is 2. The molecule has 1 rings (SSSR count). The molecule has 0 radical (unpaired) electrons. The molecule has 2 atom stereocenters. The molecule has 5 nitrogen and oxygen atoms in total. The molecule has 0 aliphatic rings. The minimum Gasteiger partial charge on any atom is -0.331 e. The highest BCUT2D eigenvalue weighted by molar-refractivity contribution is 5.94. The summed E-state index contributed by atoms with van der Waals surface area (Å²) in [6.45, 7) is 7.14. The van der Waals surface area contributed by atoms with Gasteiger partial charge in [-0.2, -0.15) is 0 Å². The van der Waals surface area contributed by atoms with Crippen LogP contribution in [0.4, 0.5) is 10.1 Å². The van der Waals surface area contributed by atoms with Crippen LogP contribution in [0.2, 0.25) is 0 Å². The molecule has 2 unspecified atom stereocenters. The molecule has 0 aliphatic heterocycles. The normalized spacial score (nSPS) is 13.0. The Labute approximate surface area is 142 Å². The van der Waals surface area contributed by atoms with Crippen LogP contribution >= 0.6 is 12.4 Å². The fourth-order valence-electron chi connectivity index (χ4n) is 1.89. The van der Waals surface area contributed by atoms with Crippen LogP contribution in [0.25, 0.3) is 0 Å². The average Bonchev–Trinajstić information content (AvgIpc) is 2.45. The Morgan fingerprint density at radius 1 is 1.17 bits per heavy atom. The molecule has 0 bridgehead atoms. The van der Waals surface area contributed by atoms with Crippen LogP contribution < -0.4 is 11.1 Å². The largest absolute Gasteiger partial charge is 0.331 e. The molecule has 1 aromatic rings. The van der Waals surface area contributed by atoms with Crippen molar-refractivity contribution in [1.29, 1.82) is 0 Å². The Morgan fingerprint density at radius 3 is 2.13 bits per heavy atom. The van der Waals surface area contributed by atoms with Crippen LogP contribution in [0, 0.1) is 11.7 Å². The van der Waals surface area contributed by atoms with Gasteiger partial charge in [0, 0.05) is 17.8 Å². The number of hydrogen-bond donors (Lipinski definition) is 2. The summed E-state index contributed by atoms with van der Waals surface area (Å²) in [5.41, 5.74) is 6.25. The monoisotopic (exact) mass is 345 g/mol. The zero-order valence-corrected chi connectivity index (χ0v) is 14.7. The van der Waals surface area contributed by atoms with Gasteiger partial charge in [-0.05, 0) is 45.0 Å². The van der Waals surface area contributed by atoms with Gasteiger partial charge in [0.05, 0.1) is 5.92 Å². The van der Waals surface area contributed by atoms with Gasteiger partial charge in [0.2, 0.25) is 11.8 Å². The molecule has 0 aromatic heterocycles. The molecule has 0 spiro atoms. The van der Waals surface area contributed by atoms with Crippen LogP contribution in [0.5, 0.6) is 0 Å². The lowest BCUT2D eigenvalue weighted by molar-refractivity contribution is -0.140. The minimum atomic E-state index is -0.372. The lowest BCUT2D eigenvalue weighted by Crippen LogP contribution is -2.48. The van der Waals surface area contributed by atoms with Crippen LogP contribution in [-0.4, -0.2) is 35.3 Å². The van der Waals surface area contributed by atoms with Gasteiger partial charge in [-0.1, -0.05) is 6.92 Å². The highest BCUT2D eigenvalue weighted by Crippen LogP contribution is 2.12. The second-order valence-corrected chi connectivity index (χ2v) is 5.76. The lowest BCUT2D eigenvalue weighted by Gasteiger charge is -2.30. The van der Waals surface area contributed by atoms with E-state index in [4.69, 9.17) is 5.73 Å². The molecule has 3 N–H and O–H groups in total. The predicted octanol–water partition coefficient (Wildman–Crippen LogP) is 2.41. The average molecular weight is 346 g/mol. The first-order valence-corrected chi connectivity index (χ1v) is 7.33. The maximum absolute atomic E-state index is 12.8. The van der Waals surface area contributed by atoms with Gasteiger partial charge in [0.1, 0.15) is 12.4 Å². The number of nitrogens with two attached hydrogens (primary N) is 1. The Kier molecular flexibility index (Phi) is 8.79. The van der Waals surface area contributed by atoms with Crippen molar-refractivity contribution in [3.8, 4) is 0 Å². The Hall–Kier alpha value is -1.66. The zero-order valence-electron chi connectivity index (χ0n) is 13.9. The quantitative estimate of drug-likeness (QED) is 0.831. The summed E-state index contributed by atoms with van der Waals surface area (Å²) in [5.74, 6) is -1.21. The molecule has 0 aliphatic carbocycles. The van der Waals surface area contributed by atoms with Crippen molar-refractivity contribution < 1.29 is 14.0 Å². The summed E-state index contributed by atoms with van der Waals surface area (Å²) in [4.78, 5) is 25.9. The van der Waals surface area contributed by atoms with Gasteiger partial charge in [-0.15, -0.1) is 12.4 Å². The van der Waals surface area contributed by atoms with Crippen LogP contribution in [0.3, 0.4) is 0 Å². The first-order chi connectivity index (χ1) is 10.2. The highest BCUT2D eigenvalue weighted by Gasteiger charge is 2.26.